The maximum Gasteiger partial charge on any atom is 0.573 e. The van der Waals surface area contributed by atoms with Gasteiger partial charge in [-0.05, 0) is 98.5 Å². The Labute approximate surface area is 298 Å². The molecule has 1 saturated carbocycles. The predicted molar refractivity (Wildman–Crippen MR) is 170 cm³/mol. The molecule has 2 aliphatic rings. The molecule has 1 fully saturated rings. The lowest BCUT2D eigenvalue weighted by Crippen LogP contribution is -2.50. The molecule has 0 spiro atoms. The molecule has 0 saturated heterocycles. The van der Waals surface area contributed by atoms with Crippen LogP contribution < -0.4 is 14.5 Å². The van der Waals surface area contributed by atoms with E-state index in [1.165, 1.54) is 22.9 Å². The second kappa shape index (κ2) is 15.4. The average Bonchev–Trinajstić information content (AvgIpc) is 3.50. The van der Waals surface area contributed by atoms with Gasteiger partial charge in [0.05, 0.1) is 30.8 Å². The van der Waals surface area contributed by atoms with Crippen LogP contribution in [-0.4, -0.2) is 51.1 Å². The standard InChI is InChI=1S/C34H37F9N6O4/c1-4-24-16-28(48(31-44-46-47(3)45-31)18-20-12-22(32(35,36)37)15-23(13-20)33(38,39)40)26-17-25(53-34(41,42)43)10-11-27(26)49(24)30(51)21-8-6-19(7-9-21)14-29(50)52-5-2/h10-13,15,17,19,21,24,28H,4-9,14,16,18H2,1-3H3. The van der Waals surface area contributed by atoms with Gasteiger partial charge in [0.15, 0.2) is 0 Å². The van der Waals surface area contributed by atoms with Crippen molar-refractivity contribution in [1.82, 2.24) is 20.2 Å². The summed E-state index contributed by atoms with van der Waals surface area (Å²) in [6.07, 6.45) is -12.9. The molecule has 2 unspecified atom stereocenters. The first-order chi connectivity index (χ1) is 24.8. The molecule has 0 N–H and O–H groups in total. The van der Waals surface area contributed by atoms with Crippen molar-refractivity contribution in [1.29, 1.82) is 0 Å². The number of fused-ring (bicyclic) bond motifs is 1. The molecule has 290 valence electrons. The van der Waals surface area contributed by atoms with Crippen LogP contribution in [0.3, 0.4) is 0 Å². The Morgan fingerprint density at radius 2 is 1.55 bits per heavy atom. The highest BCUT2D eigenvalue weighted by Gasteiger charge is 2.43. The van der Waals surface area contributed by atoms with E-state index in [2.05, 4.69) is 20.1 Å². The summed E-state index contributed by atoms with van der Waals surface area (Å²) in [5, 5.41) is 11.9. The van der Waals surface area contributed by atoms with E-state index in [4.69, 9.17) is 4.74 Å². The van der Waals surface area contributed by atoms with Gasteiger partial charge in [-0.1, -0.05) is 12.0 Å². The number of benzene rings is 2. The molecule has 1 amide bonds. The number of aromatic nitrogens is 4. The molecule has 2 atom stereocenters. The van der Waals surface area contributed by atoms with Gasteiger partial charge in [0.2, 0.25) is 5.91 Å². The Balaban J connectivity index is 1.57. The summed E-state index contributed by atoms with van der Waals surface area (Å²) < 4.78 is 132. The number of ether oxygens (including phenoxy) is 2. The zero-order chi connectivity index (χ0) is 38.9. The fraction of sp³-hybridized carbons (Fsp3) is 0.559. The number of tetrazole rings is 1. The summed E-state index contributed by atoms with van der Waals surface area (Å²) in [6, 6.07) is 2.77. The molecule has 1 aromatic heterocycles. The van der Waals surface area contributed by atoms with Crippen LogP contribution in [-0.2, 0) is 40.3 Å². The minimum atomic E-state index is -5.14. The number of alkyl halides is 9. The average molecular weight is 765 g/mol. The minimum Gasteiger partial charge on any atom is -0.466 e. The SMILES string of the molecule is CCOC(=O)CC1CCC(C(=O)N2c3ccc(OC(F)(F)F)cc3C(N(Cc3cc(C(F)(F)F)cc(C(F)(F)F)c3)c3nnn(C)n3)CC2CC)CC1. The molecule has 5 rings (SSSR count). The van der Waals surface area contributed by atoms with Crippen molar-refractivity contribution in [3.05, 3.63) is 58.7 Å². The third-order valence-electron chi connectivity index (χ3n) is 9.51. The summed E-state index contributed by atoms with van der Waals surface area (Å²) in [6.45, 7) is 3.07. The summed E-state index contributed by atoms with van der Waals surface area (Å²) >= 11 is 0. The lowest BCUT2D eigenvalue weighted by atomic mass is 9.79. The van der Waals surface area contributed by atoms with Crippen LogP contribution in [0.15, 0.2) is 36.4 Å². The summed E-state index contributed by atoms with van der Waals surface area (Å²) in [5.74, 6) is -1.99. The molecule has 19 heteroatoms. The molecule has 2 heterocycles. The van der Waals surface area contributed by atoms with E-state index in [0.717, 1.165) is 16.9 Å². The number of carbonyl (C=O) groups excluding carboxylic acids is 2. The smallest absolute Gasteiger partial charge is 0.466 e. The zero-order valence-electron chi connectivity index (χ0n) is 28.9. The summed E-state index contributed by atoms with van der Waals surface area (Å²) in [4.78, 5) is 30.1. The fourth-order valence-electron chi connectivity index (χ4n) is 7.13. The molecule has 1 aliphatic heterocycles. The highest BCUT2D eigenvalue weighted by atomic mass is 19.4. The van der Waals surface area contributed by atoms with E-state index < -0.39 is 65.7 Å². The zero-order valence-corrected chi connectivity index (χ0v) is 28.9. The normalized spacial score (nSPS) is 20.9. The van der Waals surface area contributed by atoms with Gasteiger partial charge in [0.25, 0.3) is 5.95 Å². The van der Waals surface area contributed by atoms with Crippen molar-refractivity contribution in [2.24, 2.45) is 18.9 Å². The van der Waals surface area contributed by atoms with E-state index in [0.29, 0.717) is 44.2 Å². The molecule has 0 bridgehead atoms. The Bertz CT molecular complexity index is 1740. The van der Waals surface area contributed by atoms with Gasteiger partial charge in [-0.3, -0.25) is 9.59 Å². The van der Waals surface area contributed by atoms with Gasteiger partial charge in [0, 0.05) is 36.2 Å². The summed E-state index contributed by atoms with van der Waals surface area (Å²) in [5.41, 5.74) is -3.28. The van der Waals surface area contributed by atoms with Crippen molar-refractivity contribution in [3.8, 4) is 5.75 Å². The van der Waals surface area contributed by atoms with E-state index in [9.17, 15) is 49.1 Å². The van der Waals surface area contributed by atoms with Gasteiger partial charge in [0.1, 0.15) is 5.75 Å². The number of hydrogen-bond donors (Lipinski definition) is 0. The number of anilines is 2. The first kappa shape index (κ1) is 39.6. The maximum absolute atomic E-state index is 14.3. The Morgan fingerprint density at radius 3 is 2.08 bits per heavy atom. The number of carbonyl (C=O) groups is 2. The second-order valence-corrected chi connectivity index (χ2v) is 13.1. The predicted octanol–water partition coefficient (Wildman–Crippen LogP) is 8.17. The van der Waals surface area contributed by atoms with E-state index >= 15 is 0 Å². The Hall–Kier alpha value is -4.58. The quantitative estimate of drug-likeness (QED) is 0.151. The van der Waals surface area contributed by atoms with E-state index in [-0.39, 0.29) is 60.5 Å². The maximum atomic E-state index is 14.3. The highest BCUT2D eigenvalue weighted by molar-refractivity contribution is 5.97. The molecular formula is C34H37F9N6O4. The Kier molecular flexibility index (Phi) is 11.5. The van der Waals surface area contributed by atoms with Crippen LogP contribution in [0.1, 0.15) is 87.1 Å². The van der Waals surface area contributed by atoms with Gasteiger partial charge in [-0.2, -0.15) is 31.1 Å². The third kappa shape index (κ3) is 9.51. The van der Waals surface area contributed by atoms with Gasteiger partial charge >= 0.3 is 24.7 Å². The van der Waals surface area contributed by atoms with Crippen LogP contribution in [0.4, 0.5) is 51.1 Å². The van der Waals surface area contributed by atoms with Crippen LogP contribution in [0, 0.1) is 11.8 Å². The third-order valence-corrected chi connectivity index (χ3v) is 9.51. The second-order valence-electron chi connectivity index (χ2n) is 13.1. The number of hydrogen-bond acceptors (Lipinski definition) is 8. The molecule has 3 aromatic rings. The van der Waals surface area contributed by atoms with Crippen molar-refractivity contribution < 1.29 is 58.6 Å². The summed E-state index contributed by atoms with van der Waals surface area (Å²) in [7, 11) is 1.38. The lowest BCUT2D eigenvalue weighted by Gasteiger charge is -2.45. The van der Waals surface area contributed by atoms with Gasteiger partial charge in [-0.15, -0.1) is 18.3 Å². The minimum absolute atomic E-state index is 0.00794. The largest absolute Gasteiger partial charge is 0.573 e. The number of halogens is 9. The highest BCUT2D eigenvalue weighted by Crippen LogP contribution is 2.47. The number of rotatable bonds is 10. The molecule has 10 nitrogen and oxygen atoms in total. The molecule has 2 aromatic carbocycles. The van der Waals surface area contributed by atoms with Crippen LogP contribution in [0.25, 0.3) is 0 Å². The van der Waals surface area contributed by atoms with Crippen LogP contribution in [0.5, 0.6) is 5.75 Å². The first-order valence-corrected chi connectivity index (χ1v) is 16.9. The molecule has 53 heavy (non-hydrogen) atoms. The fourth-order valence-corrected chi connectivity index (χ4v) is 7.13. The van der Waals surface area contributed by atoms with E-state index in [1.54, 1.807) is 13.8 Å². The first-order valence-electron chi connectivity index (χ1n) is 16.9. The molecular weight excluding hydrogens is 727 g/mol. The number of nitrogens with zero attached hydrogens (tertiary/aromatic N) is 6. The molecule has 0 radical (unpaired) electrons. The van der Waals surface area contributed by atoms with E-state index in [1.807, 2.05) is 0 Å². The lowest BCUT2D eigenvalue weighted by molar-refractivity contribution is -0.274. The number of aryl methyl sites for hydroxylation is 1. The van der Waals surface area contributed by atoms with Crippen LogP contribution >= 0.6 is 0 Å². The Morgan fingerprint density at radius 1 is 0.906 bits per heavy atom. The monoisotopic (exact) mass is 764 g/mol. The number of amides is 1. The van der Waals surface area contributed by atoms with Crippen molar-refractivity contribution >= 4 is 23.5 Å². The molecule has 1 aliphatic carbocycles. The number of esters is 1. The van der Waals surface area contributed by atoms with Gasteiger partial charge < -0.3 is 19.3 Å². The van der Waals surface area contributed by atoms with Gasteiger partial charge in [-0.25, -0.2) is 0 Å². The van der Waals surface area contributed by atoms with Crippen molar-refractivity contribution in [2.45, 2.75) is 96.1 Å². The van der Waals surface area contributed by atoms with Crippen molar-refractivity contribution in [3.63, 3.8) is 0 Å². The topological polar surface area (TPSA) is 103 Å². The van der Waals surface area contributed by atoms with Crippen molar-refractivity contribution in [2.75, 3.05) is 16.4 Å². The van der Waals surface area contributed by atoms with Crippen LogP contribution in [0.2, 0.25) is 0 Å².